The molecule has 1 aliphatic heterocycles. The van der Waals surface area contributed by atoms with Crippen molar-refractivity contribution in [3.63, 3.8) is 0 Å². The van der Waals surface area contributed by atoms with E-state index < -0.39 is 0 Å². The number of hydrogen-bond donors (Lipinski definition) is 0. The number of nitrogens with zero attached hydrogens (tertiary/aromatic N) is 2. The third-order valence-electron chi connectivity index (χ3n) is 4.01. The van der Waals surface area contributed by atoms with Gasteiger partial charge < -0.3 is 19.2 Å². The molecule has 1 fully saturated rings. The van der Waals surface area contributed by atoms with Crippen LogP contribution in [0.2, 0.25) is 0 Å². The van der Waals surface area contributed by atoms with E-state index in [1.807, 2.05) is 30.3 Å². The molecule has 0 spiro atoms. The predicted molar refractivity (Wildman–Crippen MR) is 103 cm³/mol. The Bertz CT molecular complexity index is 713. The molecule has 0 saturated carbocycles. The van der Waals surface area contributed by atoms with Crippen LogP contribution in [0.25, 0.3) is 0 Å². The first kappa shape index (κ1) is 17.8. The average molecular weight is 405 g/mol. The summed E-state index contributed by atoms with van der Waals surface area (Å²) in [5, 5.41) is 4.05. The quantitative estimate of drug-likeness (QED) is 0.541. The Balaban J connectivity index is 1.55. The van der Waals surface area contributed by atoms with Crippen molar-refractivity contribution in [2.24, 2.45) is 5.16 Å². The number of oxime groups is 1. The second-order valence-corrected chi connectivity index (χ2v) is 6.57. The summed E-state index contributed by atoms with van der Waals surface area (Å²) in [6.45, 7) is 3.80. The molecular weight excluding hydrogens is 384 g/mol. The van der Waals surface area contributed by atoms with E-state index in [4.69, 9.17) is 14.3 Å². The molecule has 0 unspecified atom stereocenters. The fourth-order valence-electron chi connectivity index (χ4n) is 2.66. The van der Waals surface area contributed by atoms with Gasteiger partial charge in [-0.2, -0.15) is 0 Å². The number of morpholine rings is 1. The Labute approximate surface area is 156 Å². The molecule has 25 heavy (non-hydrogen) atoms. The maximum absolute atomic E-state index is 5.41. The molecule has 2 aromatic rings. The zero-order valence-corrected chi connectivity index (χ0v) is 15.7. The molecule has 0 N–H and O–H groups in total. The van der Waals surface area contributed by atoms with Crippen molar-refractivity contribution in [3.8, 4) is 5.75 Å². The van der Waals surface area contributed by atoms with Gasteiger partial charge in [-0.25, -0.2) is 0 Å². The number of ether oxygens (including phenoxy) is 2. The summed E-state index contributed by atoms with van der Waals surface area (Å²) in [5.41, 5.74) is 3.15. The lowest BCUT2D eigenvalue weighted by Gasteiger charge is -2.28. The molecule has 1 heterocycles. The van der Waals surface area contributed by atoms with E-state index >= 15 is 0 Å². The second kappa shape index (κ2) is 8.87. The number of halogens is 1. The van der Waals surface area contributed by atoms with E-state index in [-0.39, 0.29) is 0 Å². The minimum absolute atomic E-state index is 0.352. The van der Waals surface area contributed by atoms with E-state index in [1.165, 1.54) is 5.69 Å². The molecule has 0 radical (unpaired) electrons. The third-order valence-corrected chi connectivity index (χ3v) is 4.50. The van der Waals surface area contributed by atoms with Gasteiger partial charge in [0.1, 0.15) is 12.4 Å². The van der Waals surface area contributed by atoms with Crippen molar-refractivity contribution in [2.75, 3.05) is 38.3 Å². The molecule has 6 heteroatoms. The lowest BCUT2D eigenvalue weighted by Crippen LogP contribution is -2.36. The van der Waals surface area contributed by atoms with E-state index in [9.17, 15) is 0 Å². The standard InChI is InChI=1S/C19H21BrN2O3/c1-23-19-7-4-17(20)12-16(19)14-25-21-13-15-2-5-18(6-3-15)22-8-10-24-11-9-22/h2-7,12-13H,8-11,14H2,1H3/b21-13+. The van der Waals surface area contributed by atoms with Gasteiger partial charge in [-0.1, -0.05) is 33.2 Å². The molecule has 5 nitrogen and oxygen atoms in total. The fourth-order valence-corrected chi connectivity index (χ4v) is 3.07. The smallest absolute Gasteiger partial charge is 0.145 e. The SMILES string of the molecule is COc1ccc(Br)cc1CO/N=C/c1ccc(N2CCOCC2)cc1. The van der Waals surface area contributed by atoms with Gasteiger partial charge >= 0.3 is 0 Å². The summed E-state index contributed by atoms with van der Waals surface area (Å²) in [6.07, 6.45) is 1.72. The minimum atomic E-state index is 0.352. The van der Waals surface area contributed by atoms with Crippen LogP contribution in [0.15, 0.2) is 52.1 Å². The van der Waals surface area contributed by atoms with Crippen molar-refractivity contribution in [3.05, 3.63) is 58.1 Å². The van der Waals surface area contributed by atoms with Crippen molar-refractivity contribution in [1.29, 1.82) is 0 Å². The van der Waals surface area contributed by atoms with Gasteiger partial charge in [-0.05, 0) is 35.9 Å². The molecule has 0 amide bonds. The van der Waals surface area contributed by atoms with Crippen LogP contribution in [-0.4, -0.2) is 39.6 Å². The van der Waals surface area contributed by atoms with Gasteiger partial charge in [0.05, 0.1) is 26.5 Å². The molecule has 1 saturated heterocycles. The predicted octanol–water partition coefficient (Wildman–Crippen LogP) is 3.85. The molecule has 132 valence electrons. The van der Waals surface area contributed by atoms with Crippen LogP contribution < -0.4 is 9.64 Å². The molecule has 1 aliphatic rings. The Hall–Kier alpha value is -2.05. The van der Waals surface area contributed by atoms with E-state index in [0.29, 0.717) is 6.61 Å². The lowest BCUT2D eigenvalue weighted by molar-refractivity contribution is 0.122. The fraction of sp³-hybridized carbons (Fsp3) is 0.316. The number of anilines is 1. The Kier molecular flexibility index (Phi) is 6.30. The summed E-state index contributed by atoms with van der Waals surface area (Å²) in [4.78, 5) is 7.73. The highest BCUT2D eigenvalue weighted by molar-refractivity contribution is 9.10. The van der Waals surface area contributed by atoms with E-state index in [1.54, 1.807) is 13.3 Å². The van der Waals surface area contributed by atoms with Gasteiger partial charge in [-0.15, -0.1) is 0 Å². The first-order valence-corrected chi connectivity index (χ1v) is 8.96. The minimum Gasteiger partial charge on any atom is -0.496 e. The maximum atomic E-state index is 5.41. The highest BCUT2D eigenvalue weighted by Crippen LogP contribution is 2.23. The van der Waals surface area contributed by atoms with Crippen LogP contribution in [-0.2, 0) is 16.2 Å². The van der Waals surface area contributed by atoms with Crippen LogP contribution in [0.5, 0.6) is 5.75 Å². The number of benzene rings is 2. The molecular formula is C19H21BrN2O3. The number of methoxy groups -OCH3 is 1. The first-order chi connectivity index (χ1) is 12.3. The van der Waals surface area contributed by atoms with Gasteiger partial charge in [0.15, 0.2) is 0 Å². The highest BCUT2D eigenvalue weighted by atomic mass is 79.9. The summed E-state index contributed by atoms with van der Waals surface area (Å²) in [5.74, 6) is 0.785. The highest BCUT2D eigenvalue weighted by Gasteiger charge is 2.10. The topological polar surface area (TPSA) is 43.3 Å². The lowest BCUT2D eigenvalue weighted by atomic mass is 10.2. The largest absolute Gasteiger partial charge is 0.496 e. The van der Waals surface area contributed by atoms with Crippen molar-refractivity contribution >= 4 is 27.8 Å². The summed E-state index contributed by atoms with van der Waals surface area (Å²) in [7, 11) is 1.64. The Morgan fingerprint density at radius 3 is 2.64 bits per heavy atom. The zero-order valence-electron chi connectivity index (χ0n) is 14.2. The molecule has 0 aliphatic carbocycles. The molecule has 2 aromatic carbocycles. The van der Waals surface area contributed by atoms with Crippen molar-refractivity contribution in [1.82, 2.24) is 0 Å². The Morgan fingerprint density at radius 1 is 1.16 bits per heavy atom. The summed E-state index contributed by atoms with van der Waals surface area (Å²) < 4.78 is 11.7. The first-order valence-electron chi connectivity index (χ1n) is 8.17. The van der Waals surface area contributed by atoms with Crippen LogP contribution in [0.4, 0.5) is 5.69 Å². The van der Waals surface area contributed by atoms with Crippen LogP contribution in [0.1, 0.15) is 11.1 Å². The number of hydrogen-bond acceptors (Lipinski definition) is 5. The van der Waals surface area contributed by atoms with Gasteiger partial charge in [0.25, 0.3) is 0 Å². The van der Waals surface area contributed by atoms with Gasteiger partial charge in [-0.3, -0.25) is 0 Å². The van der Waals surface area contributed by atoms with Gasteiger partial charge in [0.2, 0.25) is 0 Å². The van der Waals surface area contributed by atoms with Gasteiger partial charge in [0, 0.05) is 28.8 Å². The van der Waals surface area contributed by atoms with Crippen molar-refractivity contribution in [2.45, 2.75) is 6.61 Å². The van der Waals surface area contributed by atoms with E-state index in [2.05, 4.69) is 38.1 Å². The number of rotatable bonds is 6. The molecule has 0 atom stereocenters. The van der Waals surface area contributed by atoms with Crippen molar-refractivity contribution < 1.29 is 14.3 Å². The molecule has 3 rings (SSSR count). The van der Waals surface area contributed by atoms with Crippen LogP contribution in [0.3, 0.4) is 0 Å². The molecule has 0 bridgehead atoms. The zero-order chi connectivity index (χ0) is 17.5. The normalized spacial score (nSPS) is 14.7. The third kappa shape index (κ3) is 4.96. The average Bonchev–Trinajstić information content (AvgIpc) is 2.66. The van der Waals surface area contributed by atoms with E-state index in [0.717, 1.165) is 47.7 Å². The Morgan fingerprint density at radius 2 is 1.92 bits per heavy atom. The monoisotopic (exact) mass is 404 g/mol. The summed E-state index contributed by atoms with van der Waals surface area (Å²) >= 11 is 3.45. The van der Waals surface area contributed by atoms with Crippen LogP contribution in [0, 0.1) is 0 Å². The second-order valence-electron chi connectivity index (χ2n) is 5.66. The van der Waals surface area contributed by atoms with Crippen LogP contribution >= 0.6 is 15.9 Å². The summed E-state index contributed by atoms with van der Waals surface area (Å²) in [6, 6.07) is 14.1. The molecule has 0 aromatic heterocycles. The maximum Gasteiger partial charge on any atom is 0.145 e.